The van der Waals surface area contributed by atoms with E-state index in [0.29, 0.717) is 55.4 Å². The zero-order valence-corrected chi connectivity index (χ0v) is 36.0. The summed E-state index contributed by atoms with van der Waals surface area (Å²) in [5.41, 5.74) is 0.781. The van der Waals surface area contributed by atoms with E-state index in [2.05, 4.69) is 36.1 Å². The SMILES string of the molecule is COc1cc(C(=O)NC2CCN(CCC3CCN(c4cc(OC)c(NC5CCC(=O)NC5=O)cc4F)CC3)CC2)c(F)cc1Nc1ncc2c(n1)N(C(C)C)CC(F)(F)C(=O)N2C. The van der Waals surface area contributed by atoms with E-state index < -0.39 is 53.9 Å². The Balaban J connectivity index is 0.884. The van der Waals surface area contributed by atoms with E-state index in [-0.39, 0.29) is 52.8 Å². The van der Waals surface area contributed by atoms with Crippen LogP contribution in [0.5, 0.6) is 11.5 Å². The van der Waals surface area contributed by atoms with Gasteiger partial charge in [0.15, 0.2) is 5.82 Å². The second-order valence-electron chi connectivity index (χ2n) is 16.8. The van der Waals surface area contributed by atoms with Crippen LogP contribution in [0.25, 0.3) is 0 Å². The zero-order chi connectivity index (χ0) is 45.2. The number of piperidine rings is 3. The number of benzene rings is 2. The molecule has 7 rings (SSSR count). The Hall–Kier alpha value is -5.92. The lowest BCUT2D eigenvalue weighted by atomic mass is 9.92. The van der Waals surface area contributed by atoms with Gasteiger partial charge in [0.1, 0.15) is 34.9 Å². The van der Waals surface area contributed by atoms with E-state index in [1.165, 1.54) is 44.5 Å². The van der Waals surface area contributed by atoms with Crippen LogP contribution < -0.4 is 45.4 Å². The first kappa shape index (κ1) is 45.1. The van der Waals surface area contributed by atoms with E-state index in [9.17, 15) is 28.0 Å². The highest BCUT2D eigenvalue weighted by atomic mass is 19.3. The second kappa shape index (κ2) is 18.8. The summed E-state index contributed by atoms with van der Waals surface area (Å²) in [6.07, 6.45) is 5.91. The fourth-order valence-corrected chi connectivity index (χ4v) is 8.60. The number of carbonyl (C=O) groups is 4. The largest absolute Gasteiger partial charge is 0.495 e. The highest BCUT2D eigenvalue weighted by Gasteiger charge is 2.48. The number of likely N-dealkylation sites (tertiary alicyclic amines) is 1. The predicted octanol–water partition coefficient (Wildman–Crippen LogP) is 5.06. The Labute approximate surface area is 363 Å². The first-order valence-electron chi connectivity index (χ1n) is 21.2. The Morgan fingerprint density at radius 1 is 0.921 bits per heavy atom. The second-order valence-corrected chi connectivity index (χ2v) is 16.8. The molecule has 1 unspecified atom stereocenters. The fourth-order valence-electron chi connectivity index (χ4n) is 8.60. The van der Waals surface area contributed by atoms with Crippen molar-refractivity contribution in [3.8, 4) is 11.5 Å². The molecule has 3 fully saturated rings. The van der Waals surface area contributed by atoms with Crippen molar-refractivity contribution in [2.75, 3.05) is 85.9 Å². The molecule has 20 heteroatoms. The minimum atomic E-state index is -3.66. The molecule has 5 heterocycles. The lowest BCUT2D eigenvalue weighted by molar-refractivity contribution is -0.140. The van der Waals surface area contributed by atoms with Gasteiger partial charge in [-0.3, -0.25) is 24.5 Å². The topological polar surface area (TPSA) is 174 Å². The van der Waals surface area contributed by atoms with Crippen molar-refractivity contribution in [2.45, 2.75) is 82.8 Å². The monoisotopic (exact) mass is 882 g/mol. The summed E-state index contributed by atoms with van der Waals surface area (Å²) in [4.78, 5) is 64.8. The Bertz CT molecular complexity index is 2220. The number of amides is 4. The number of nitrogens with zero attached hydrogens (tertiary/aromatic N) is 6. The number of ether oxygens (including phenoxy) is 2. The number of halogens is 4. The standard InChI is InChI=1S/C43H54F4N10O6/c1-24(2)57-23-43(46,47)41(61)54(3)34-22-48-42(53-38(34)57)51-32-19-28(44)27(18-35(32)62-4)39(59)49-26-11-14-55(15-12-26)13-8-25-9-16-56(17-10-25)33-21-36(63-5)31(20-29(33)45)50-30-6-7-37(58)52-40(30)60/h18-22,24-26,30,50H,6-17,23H2,1-5H3,(H,49,59)(H,48,51,53)(H,52,58,60). The van der Waals surface area contributed by atoms with Crippen molar-refractivity contribution < 1.29 is 46.2 Å². The third-order valence-electron chi connectivity index (χ3n) is 12.3. The van der Waals surface area contributed by atoms with Crippen molar-refractivity contribution in [1.29, 1.82) is 0 Å². The maximum Gasteiger partial charge on any atom is 0.342 e. The smallest absolute Gasteiger partial charge is 0.342 e. The molecule has 1 aromatic heterocycles. The third kappa shape index (κ3) is 10.00. The van der Waals surface area contributed by atoms with Crippen LogP contribution in [-0.4, -0.2) is 123 Å². The van der Waals surface area contributed by atoms with E-state index in [1.807, 2.05) is 4.90 Å². The summed E-state index contributed by atoms with van der Waals surface area (Å²) in [6.45, 7) is 6.29. The molecule has 0 aliphatic carbocycles. The number of rotatable bonds is 13. The van der Waals surface area contributed by atoms with Gasteiger partial charge in [-0.05, 0) is 70.9 Å². The predicted molar refractivity (Wildman–Crippen MR) is 228 cm³/mol. The summed E-state index contributed by atoms with van der Waals surface area (Å²) < 4.78 is 71.6. The molecule has 4 amide bonds. The van der Waals surface area contributed by atoms with Crippen LogP contribution in [0.4, 0.5) is 52.1 Å². The molecule has 16 nitrogen and oxygen atoms in total. The molecule has 3 aromatic rings. The van der Waals surface area contributed by atoms with Gasteiger partial charge in [0.25, 0.3) is 11.8 Å². The fraction of sp³-hybridized carbons (Fsp3) is 0.535. The van der Waals surface area contributed by atoms with Gasteiger partial charge in [-0.2, -0.15) is 13.8 Å². The van der Waals surface area contributed by atoms with E-state index >= 15 is 8.78 Å². The summed E-state index contributed by atoms with van der Waals surface area (Å²) in [5, 5.41) is 11.2. The first-order chi connectivity index (χ1) is 30.0. The minimum Gasteiger partial charge on any atom is -0.495 e. The van der Waals surface area contributed by atoms with Crippen molar-refractivity contribution in [3.05, 3.63) is 47.7 Å². The van der Waals surface area contributed by atoms with E-state index in [0.717, 1.165) is 49.9 Å². The number of aromatic nitrogens is 2. The quantitative estimate of drug-likeness (QED) is 0.133. The summed E-state index contributed by atoms with van der Waals surface area (Å²) in [6, 6.07) is 4.10. The molecule has 0 spiro atoms. The van der Waals surface area contributed by atoms with Crippen LogP contribution in [0.15, 0.2) is 30.5 Å². The molecule has 63 heavy (non-hydrogen) atoms. The van der Waals surface area contributed by atoms with Gasteiger partial charge in [-0.15, -0.1) is 0 Å². The van der Waals surface area contributed by atoms with Gasteiger partial charge in [0.2, 0.25) is 17.8 Å². The summed E-state index contributed by atoms with van der Waals surface area (Å²) >= 11 is 0. The van der Waals surface area contributed by atoms with Crippen molar-refractivity contribution in [3.63, 3.8) is 0 Å². The number of alkyl halides is 2. The molecular formula is C43H54F4N10O6. The average molecular weight is 883 g/mol. The zero-order valence-electron chi connectivity index (χ0n) is 36.0. The molecule has 0 bridgehead atoms. The molecule has 0 radical (unpaired) electrons. The number of anilines is 6. The van der Waals surface area contributed by atoms with Gasteiger partial charge >= 0.3 is 5.92 Å². The number of hydrogen-bond donors (Lipinski definition) is 4. The lowest BCUT2D eigenvalue weighted by Crippen LogP contribution is -2.47. The molecule has 4 aliphatic rings. The van der Waals surface area contributed by atoms with Crippen molar-refractivity contribution in [2.24, 2.45) is 5.92 Å². The molecule has 0 saturated carbocycles. The normalized spacial score (nSPS) is 20.0. The van der Waals surface area contributed by atoms with Gasteiger partial charge < -0.3 is 45.0 Å². The summed E-state index contributed by atoms with van der Waals surface area (Å²) in [7, 11) is 4.09. The number of hydrogen-bond acceptors (Lipinski definition) is 13. The van der Waals surface area contributed by atoms with E-state index in [1.54, 1.807) is 19.9 Å². The van der Waals surface area contributed by atoms with Gasteiger partial charge in [0.05, 0.1) is 49.6 Å². The Morgan fingerprint density at radius 3 is 2.27 bits per heavy atom. The molecule has 4 aliphatic heterocycles. The van der Waals surface area contributed by atoms with Crippen LogP contribution in [-0.2, 0) is 14.4 Å². The number of nitrogens with one attached hydrogen (secondary N) is 4. The van der Waals surface area contributed by atoms with Crippen LogP contribution in [0.1, 0.15) is 69.2 Å². The van der Waals surface area contributed by atoms with Gasteiger partial charge in [-0.1, -0.05) is 0 Å². The maximum absolute atomic E-state index is 15.6. The molecule has 340 valence electrons. The molecular weight excluding hydrogens is 829 g/mol. The highest BCUT2D eigenvalue weighted by Crippen LogP contribution is 2.39. The first-order valence-corrected chi connectivity index (χ1v) is 21.2. The number of carbonyl (C=O) groups excluding carboxylic acids is 4. The number of fused-ring (bicyclic) bond motifs is 1. The number of imide groups is 1. The van der Waals surface area contributed by atoms with Crippen molar-refractivity contribution in [1.82, 2.24) is 25.5 Å². The molecule has 4 N–H and O–H groups in total. The Morgan fingerprint density at radius 2 is 1.60 bits per heavy atom. The van der Waals surface area contributed by atoms with E-state index in [4.69, 9.17) is 9.47 Å². The van der Waals surface area contributed by atoms with Crippen LogP contribution >= 0.6 is 0 Å². The maximum atomic E-state index is 15.6. The van der Waals surface area contributed by atoms with Gasteiger partial charge in [0, 0.05) is 69.9 Å². The summed E-state index contributed by atoms with van der Waals surface area (Å²) in [5.74, 6) is -6.59. The van der Waals surface area contributed by atoms with Crippen LogP contribution in [0, 0.1) is 17.6 Å². The average Bonchev–Trinajstić information content (AvgIpc) is 3.33. The molecule has 2 aromatic carbocycles. The van der Waals surface area contributed by atoms with Crippen molar-refractivity contribution >= 4 is 58.1 Å². The molecule has 3 saturated heterocycles. The number of methoxy groups -OCH3 is 2. The third-order valence-corrected chi connectivity index (χ3v) is 12.3. The Kier molecular flexibility index (Phi) is 13.5. The van der Waals surface area contributed by atoms with Crippen LogP contribution in [0.3, 0.4) is 0 Å². The highest BCUT2D eigenvalue weighted by molar-refractivity contribution is 6.02. The van der Waals surface area contributed by atoms with Crippen LogP contribution in [0.2, 0.25) is 0 Å². The lowest BCUT2D eigenvalue weighted by Gasteiger charge is -2.36. The minimum absolute atomic E-state index is 0.0563. The molecule has 1 atom stereocenters. The van der Waals surface area contributed by atoms with Gasteiger partial charge in [-0.25, -0.2) is 13.8 Å².